The second-order valence-corrected chi connectivity index (χ2v) is 7.24. The molecule has 7 heteroatoms. The molecule has 0 fully saturated rings. The van der Waals surface area contributed by atoms with Crippen molar-refractivity contribution in [3.8, 4) is 11.4 Å². The summed E-state index contributed by atoms with van der Waals surface area (Å²) in [7, 11) is 0. The van der Waals surface area contributed by atoms with Gasteiger partial charge >= 0.3 is 11.9 Å². The van der Waals surface area contributed by atoms with E-state index in [9.17, 15) is 9.59 Å². The number of nitrogens with zero attached hydrogens (tertiary/aromatic N) is 4. The highest BCUT2D eigenvalue weighted by Gasteiger charge is 2.47. The number of hydrogen-bond donors (Lipinski definition) is 0. The molecule has 142 valence electrons. The lowest BCUT2D eigenvalue weighted by atomic mass is 9.94. The lowest BCUT2D eigenvalue weighted by Gasteiger charge is -2.27. The highest BCUT2D eigenvalue weighted by Crippen LogP contribution is 2.22. The molecule has 1 aliphatic heterocycles. The van der Waals surface area contributed by atoms with Gasteiger partial charge in [0.05, 0.1) is 6.54 Å². The summed E-state index contributed by atoms with van der Waals surface area (Å²) in [6.07, 6.45) is 7.25. The number of carbonyl (C=O) groups excluding carboxylic acids is 2. The third-order valence-electron chi connectivity index (χ3n) is 4.65. The van der Waals surface area contributed by atoms with E-state index in [-0.39, 0.29) is 24.4 Å². The van der Waals surface area contributed by atoms with E-state index in [4.69, 9.17) is 4.52 Å². The SMILES string of the molecule is CC(C)CN1C(=O)C2C=CC=CC2=[N+](Cc2nc(-c3ccccc3)no2)C1=O. The minimum Gasteiger partial charge on any atom is -0.335 e. The minimum absolute atomic E-state index is 0.116. The lowest BCUT2D eigenvalue weighted by molar-refractivity contribution is -0.460. The molecule has 1 aromatic heterocycles. The zero-order valence-corrected chi connectivity index (χ0v) is 15.8. The normalized spacial score (nSPS) is 19.0. The van der Waals surface area contributed by atoms with Crippen LogP contribution in [0.4, 0.5) is 4.79 Å². The second-order valence-electron chi connectivity index (χ2n) is 7.24. The number of aromatic nitrogens is 2. The zero-order valence-electron chi connectivity index (χ0n) is 15.8. The Kier molecular flexibility index (Phi) is 4.73. The maximum atomic E-state index is 13.1. The van der Waals surface area contributed by atoms with Gasteiger partial charge in [-0.15, -0.1) is 0 Å². The fourth-order valence-electron chi connectivity index (χ4n) is 3.37. The van der Waals surface area contributed by atoms with E-state index in [1.807, 2.05) is 62.4 Å². The standard InChI is InChI=1S/C21H21N4O3/c1-14(2)12-25-20(26)16-10-6-7-11-17(16)24(21(25)27)13-18-22-19(23-28-18)15-8-4-3-5-9-15/h3-11,14,16H,12-13H2,1-2H3/q+1. The Morgan fingerprint density at radius 1 is 1.18 bits per heavy atom. The molecule has 7 nitrogen and oxygen atoms in total. The van der Waals surface area contributed by atoms with Crippen LogP contribution < -0.4 is 0 Å². The van der Waals surface area contributed by atoms with Crippen molar-refractivity contribution in [2.24, 2.45) is 11.8 Å². The van der Waals surface area contributed by atoms with E-state index >= 15 is 0 Å². The molecule has 0 N–H and O–H groups in total. The topological polar surface area (TPSA) is 79.3 Å². The molecule has 1 unspecified atom stereocenters. The van der Waals surface area contributed by atoms with Gasteiger partial charge in [-0.2, -0.15) is 19.3 Å². The largest absolute Gasteiger partial charge is 0.501 e. The van der Waals surface area contributed by atoms with Crippen LogP contribution in [0.1, 0.15) is 19.7 Å². The van der Waals surface area contributed by atoms with Gasteiger partial charge in [-0.3, -0.25) is 0 Å². The second kappa shape index (κ2) is 7.34. The van der Waals surface area contributed by atoms with Gasteiger partial charge in [0.2, 0.25) is 5.82 Å². The monoisotopic (exact) mass is 377 g/mol. The molecule has 28 heavy (non-hydrogen) atoms. The van der Waals surface area contributed by atoms with E-state index in [1.165, 1.54) is 4.90 Å². The number of fused-ring (bicyclic) bond motifs is 1. The molecule has 2 aromatic rings. The van der Waals surface area contributed by atoms with E-state index in [0.717, 1.165) is 5.56 Å². The van der Waals surface area contributed by atoms with Crippen LogP contribution >= 0.6 is 0 Å². The summed E-state index contributed by atoms with van der Waals surface area (Å²) < 4.78 is 6.93. The van der Waals surface area contributed by atoms with Gasteiger partial charge < -0.3 is 4.52 Å². The van der Waals surface area contributed by atoms with Crippen LogP contribution in [-0.4, -0.2) is 43.8 Å². The Labute approximate surface area is 162 Å². The number of hydrogen-bond acceptors (Lipinski definition) is 5. The molecule has 0 spiro atoms. The molecular weight excluding hydrogens is 356 g/mol. The molecule has 0 saturated heterocycles. The molecule has 0 saturated carbocycles. The molecular formula is C21H21N4O3+. The number of carbonyl (C=O) groups is 2. The first kappa shape index (κ1) is 18.0. The Balaban J connectivity index is 1.68. The van der Waals surface area contributed by atoms with Crippen LogP contribution in [0.3, 0.4) is 0 Å². The number of allylic oxidation sites excluding steroid dienone is 3. The quantitative estimate of drug-likeness (QED) is 0.748. The first-order valence-electron chi connectivity index (χ1n) is 9.27. The predicted octanol–water partition coefficient (Wildman–Crippen LogP) is 3.05. The average Bonchev–Trinajstić information content (AvgIpc) is 3.18. The van der Waals surface area contributed by atoms with Crippen LogP contribution in [0.25, 0.3) is 11.4 Å². The Bertz CT molecular complexity index is 1000. The number of urea groups is 1. The molecule has 0 bridgehead atoms. The summed E-state index contributed by atoms with van der Waals surface area (Å²) in [5.41, 5.74) is 1.47. The van der Waals surface area contributed by atoms with Crippen molar-refractivity contribution in [2.45, 2.75) is 20.4 Å². The smallest absolute Gasteiger partial charge is 0.335 e. The molecule has 1 atom stereocenters. The molecule has 1 aromatic carbocycles. The minimum atomic E-state index is -0.474. The van der Waals surface area contributed by atoms with E-state index < -0.39 is 5.92 Å². The Hall–Kier alpha value is -3.35. The van der Waals surface area contributed by atoms with Gasteiger partial charge in [0.1, 0.15) is 11.6 Å². The van der Waals surface area contributed by atoms with E-state index in [0.29, 0.717) is 24.0 Å². The van der Waals surface area contributed by atoms with Crippen molar-refractivity contribution in [1.82, 2.24) is 15.0 Å². The Morgan fingerprint density at radius 2 is 1.96 bits per heavy atom. The average molecular weight is 377 g/mol. The van der Waals surface area contributed by atoms with Crippen LogP contribution in [0, 0.1) is 11.8 Å². The number of benzene rings is 1. The van der Waals surface area contributed by atoms with Gasteiger partial charge in [-0.05, 0) is 12.0 Å². The molecule has 0 radical (unpaired) electrons. The van der Waals surface area contributed by atoms with Crippen molar-refractivity contribution >= 4 is 17.6 Å². The fourth-order valence-corrected chi connectivity index (χ4v) is 3.37. The van der Waals surface area contributed by atoms with Gasteiger partial charge in [0.25, 0.3) is 5.89 Å². The summed E-state index contributed by atoms with van der Waals surface area (Å²) in [4.78, 5) is 31.6. The fraction of sp³-hybridized carbons (Fsp3) is 0.286. The summed E-state index contributed by atoms with van der Waals surface area (Å²) in [5, 5.41) is 4.02. The van der Waals surface area contributed by atoms with Crippen molar-refractivity contribution in [3.05, 3.63) is 60.5 Å². The molecule has 2 heterocycles. The van der Waals surface area contributed by atoms with Crippen LogP contribution in [0.2, 0.25) is 0 Å². The molecule has 3 amide bonds. The summed E-state index contributed by atoms with van der Waals surface area (Å²) in [6.45, 7) is 4.44. The summed E-state index contributed by atoms with van der Waals surface area (Å²) in [5.74, 6) is 0.294. The number of imide groups is 1. The molecule has 4 rings (SSSR count). The maximum Gasteiger partial charge on any atom is 0.501 e. The van der Waals surface area contributed by atoms with Crippen molar-refractivity contribution in [3.63, 3.8) is 0 Å². The lowest BCUT2D eigenvalue weighted by Crippen LogP contribution is -2.55. The molecule has 1 aliphatic carbocycles. The number of rotatable bonds is 5. The van der Waals surface area contributed by atoms with E-state index in [1.54, 1.807) is 10.7 Å². The zero-order chi connectivity index (χ0) is 19.7. The van der Waals surface area contributed by atoms with E-state index in [2.05, 4.69) is 10.1 Å². The third-order valence-corrected chi connectivity index (χ3v) is 4.65. The highest BCUT2D eigenvalue weighted by molar-refractivity contribution is 6.16. The first-order valence-corrected chi connectivity index (χ1v) is 9.27. The maximum absolute atomic E-state index is 13.1. The van der Waals surface area contributed by atoms with Gasteiger partial charge in [0.15, 0.2) is 6.54 Å². The van der Waals surface area contributed by atoms with Gasteiger partial charge in [-0.25, -0.2) is 4.79 Å². The summed E-state index contributed by atoms with van der Waals surface area (Å²) >= 11 is 0. The predicted molar refractivity (Wildman–Crippen MR) is 102 cm³/mol. The first-order chi connectivity index (χ1) is 13.5. The highest BCUT2D eigenvalue weighted by atomic mass is 16.5. The van der Waals surface area contributed by atoms with Crippen LogP contribution in [0.15, 0.2) is 59.2 Å². The van der Waals surface area contributed by atoms with Gasteiger partial charge in [-0.1, -0.05) is 67.6 Å². The number of amides is 3. The van der Waals surface area contributed by atoms with Crippen molar-refractivity contribution in [1.29, 1.82) is 0 Å². The van der Waals surface area contributed by atoms with Crippen LogP contribution in [0.5, 0.6) is 0 Å². The Morgan fingerprint density at radius 3 is 2.71 bits per heavy atom. The summed E-state index contributed by atoms with van der Waals surface area (Å²) in [6, 6.07) is 9.14. The van der Waals surface area contributed by atoms with Gasteiger partial charge in [0, 0.05) is 5.56 Å². The molecule has 2 aliphatic rings. The van der Waals surface area contributed by atoms with Crippen molar-refractivity contribution in [2.75, 3.05) is 6.54 Å². The van der Waals surface area contributed by atoms with Crippen molar-refractivity contribution < 1.29 is 18.7 Å². The van der Waals surface area contributed by atoms with Crippen LogP contribution in [-0.2, 0) is 11.3 Å². The third kappa shape index (κ3) is 3.31.